The molecule has 0 spiro atoms. The van der Waals surface area contributed by atoms with Crippen LogP contribution in [0.3, 0.4) is 0 Å². The molecular formula is C37H49FN6O3S. The van der Waals surface area contributed by atoms with Crippen molar-refractivity contribution < 1.29 is 17.6 Å². The van der Waals surface area contributed by atoms with Crippen LogP contribution in [0.15, 0.2) is 65.8 Å². The molecule has 0 unspecified atom stereocenters. The van der Waals surface area contributed by atoms with E-state index >= 15 is 0 Å². The maximum absolute atomic E-state index is 13.5. The lowest BCUT2D eigenvalue weighted by molar-refractivity contribution is -0.0412. The van der Waals surface area contributed by atoms with Gasteiger partial charge in [0.25, 0.3) is 5.91 Å². The minimum atomic E-state index is -3.66. The van der Waals surface area contributed by atoms with Gasteiger partial charge >= 0.3 is 0 Å². The van der Waals surface area contributed by atoms with Crippen LogP contribution in [-0.2, 0) is 16.4 Å². The molecule has 4 heterocycles. The lowest BCUT2D eigenvalue weighted by Gasteiger charge is -2.54. The second kappa shape index (κ2) is 14.3. The number of likely N-dealkylation sites (tertiary alicyclic amines) is 1. The fraction of sp³-hybridized carbons (Fsp3) is 0.541. The molecule has 2 aromatic carbocycles. The Hall–Kier alpha value is -3.25. The van der Waals surface area contributed by atoms with E-state index in [2.05, 4.69) is 57.9 Å². The molecule has 3 aromatic rings. The number of aromatic nitrogens is 2. The monoisotopic (exact) mass is 676 g/mol. The third-order valence-electron chi connectivity index (χ3n) is 11.2. The van der Waals surface area contributed by atoms with Crippen LogP contribution in [0.2, 0.25) is 0 Å². The highest BCUT2D eigenvalue weighted by molar-refractivity contribution is 7.89. The van der Waals surface area contributed by atoms with Crippen LogP contribution in [-0.4, -0.2) is 107 Å². The van der Waals surface area contributed by atoms with Gasteiger partial charge in [0.2, 0.25) is 10.0 Å². The number of piperidine rings is 2. The number of hydrogen-bond acceptors (Lipinski definition) is 7. The lowest BCUT2D eigenvalue weighted by atomic mass is 9.83. The van der Waals surface area contributed by atoms with Crippen LogP contribution in [0.1, 0.15) is 66.8 Å². The Labute approximate surface area is 285 Å². The van der Waals surface area contributed by atoms with Crippen LogP contribution < -0.4 is 0 Å². The van der Waals surface area contributed by atoms with Gasteiger partial charge in [0, 0.05) is 63.4 Å². The van der Waals surface area contributed by atoms with Crippen molar-refractivity contribution in [1.29, 1.82) is 0 Å². The Morgan fingerprint density at radius 2 is 1.54 bits per heavy atom. The normalized spacial score (nSPS) is 22.4. The number of nitrogens with zero attached hydrogens (tertiary/aromatic N) is 6. The van der Waals surface area contributed by atoms with E-state index in [9.17, 15) is 17.6 Å². The highest BCUT2D eigenvalue weighted by atomic mass is 32.2. The summed E-state index contributed by atoms with van der Waals surface area (Å²) in [6.45, 7) is 13.7. The van der Waals surface area contributed by atoms with Crippen LogP contribution in [0.5, 0.6) is 0 Å². The summed E-state index contributed by atoms with van der Waals surface area (Å²) in [4.78, 5) is 29.4. The molecule has 2 atom stereocenters. The molecular weight excluding hydrogens is 628 g/mol. The molecule has 258 valence electrons. The Morgan fingerprint density at radius 1 is 0.917 bits per heavy atom. The number of amides is 1. The molecule has 1 amide bonds. The molecule has 6 rings (SSSR count). The number of benzene rings is 2. The van der Waals surface area contributed by atoms with Crippen molar-refractivity contribution in [2.45, 2.75) is 82.3 Å². The van der Waals surface area contributed by atoms with E-state index in [0.29, 0.717) is 49.7 Å². The van der Waals surface area contributed by atoms with Crippen LogP contribution in [0.4, 0.5) is 4.39 Å². The average molecular weight is 677 g/mol. The van der Waals surface area contributed by atoms with Crippen molar-refractivity contribution in [2.75, 3.05) is 45.8 Å². The fourth-order valence-corrected chi connectivity index (χ4v) is 9.66. The van der Waals surface area contributed by atoms with Crippen molar-refractivity contribution in [3.63, 3.8) is 0 Å². The summed E-state index contributed by atoms with van der Waals surface area (Å²) in [7, 11) is -3.66. The highest BCUT2D eigenvalue weighted by Gasteiger charge is 2.43. The minimum Gasteiger partial charge on any atom is -0.338 e. The second-order valence-electron chi connectivity index (χ2n) is 14.2. The number of piperazine rings is 1. The van der Waals surface area contributed by atoms with E-state index in [1.54, 1.807) is 4.31 Å². The molecule has 3 fully saturated rings. The van der Waals surface area contributed by atoms with Gasteiger partial charge in [0.05, 0.1) is 21.8 Å². The van der Waals surface area contributed by atoms with Crippen molar-refractivity contribution in [3.05, 3.63) is 89.3 Å². The summed E-state index contributed by atoms with van der Waals surface area (Å²) >= 11 is 0. The average Bonchev–Trinajstić information content (AvgIpc) is 3.08. The Morgan fingerprint density at radius 3 is 2.15 bits per heavy atom. The number of sulfonamides is 1. The van der Waals surface area contributed by atoms with Gasteiger partial charge in [-0.05, 0) is 95.5 Å². The molecule has 0 bridgehead atoms. The zero-order valence-corrected chi connectivity index (χ0v) is 29.5. The summed E-state index contributed by atoms with van der Waals surface area (Å²) in [5.74, 6) is -0.0485. The first-order valence-corrected chi connectivity index (χ1v) is 18.8. The summed E-state index contributed by atoms with van der Waals surface area (Å²) in [5, 5.41) is 0. The number of carbonyl (C=O) groups is 1. The van der Waals surface area contributed by atoms with E-state index in [4.69, 9.17) is 0 Å². The smallest absolute Gasteiger partial charge is 0.257 e. The van der Waals surface area contributed by atoms with Crippen molar-refractivity contribution in [2.24, 2.45) is 5.92 Å². The molecule has 3 aliphatic heterocycles. The van der Waals surface area contributed by atoms with Gasteiger partial charge in [-0.25, -0.2) is 22.8 Å². The molecule has 0 radical (unpaired) electrons. The van der Waals surface area contributed by atoms with Gasteiger partial charge < -0.3 is 4.90 Å². The molecule has 9 nitrogen and oxygen atoms in total. The van der Waals surface area contributed by atoms with Gasteiger partial charge in [0.15, 0.2) is 0 Å². The van der Waals surface area contributed by atoms with E-state index < -0.39 is 15.8 Å². The van der Waals surface area contributed by atoms with Crippen molar-refractivity contribution >= 4 is 15.9 Å². The quantitative estimate of drug-likeness (QED) is 0.334. The van der Waals surface area contributed by atoms with Gasteiger partial charge in [-0.15, -0.1) is 0 Å². The predicted octanol–water partition coefficient (Wildman–Crippen LogP) is 4.95. The molecule has 0 saturated carbocycles. The van der Waals surface area contributed by atoms with Gasteiger partial charge in [0.1, 0.15) is 12.1 Å². The van der Waals surface area contributed by atoms with Crippen LogP contribution >= 0.6 is 0 Å². The first-order valence-electron chi connectivity index (χ1n) is 17.3. The van der Waals surface area contributed by atoms with Crippen molar-refractivity contribution in [1.82, 2.24) is 29.0 Å². The van der Waals surface area contributed by atoms with Gasteiger partial charge in [-0.3, -0.25) is 14.6 Å². The molecule has 0 aliphatic carbocycles. The van der Waals surface area contributed by atoms with Crippen molar-refractivity contribution in [3.8, 4) is 0 Å². The van der Waals surface area contributed by atoms with E-state index in [1.165, 1.54) is 36.2 Å². The summed E-state index contributed by atoms with van der Waals surface area (Å²) in [6, 6.07) is 16.4. The zero-order chi connectivity index (χ0) is 34.1. The Bertz CT molecular complexity index is 1650. The SMILES string of the molecule is Cc1ncnc(C)c1C(=O)N1CCC(C)(N2CCN([C@@H](Cc3ccccc3)C3CCN(S(=O)(=O)c4ccc(F)cc4)CC3)[C@@H](C)C2)CC1. The molecule has 48 heavy (non-hydrogen) atoms. The third-order valence-corrected chi connectivity index (χ3v) is 13.1. The predicted molar refractivity (Wildman–Crippen MR) is 185 cm³/mol. The maximum Gasteiger partial charge on any atom is 0.257 e. The number of rotatable bonds is 8. The van der Waals surface area contributed by atoms with E-state index in [0.717, 1.165) is 63.1 Å². The molecule has 1 aromatic heterocycles. The lowest BCUT2D eigenvalue weighted by Crippen LogP contribution is -2.64. The first-order chi connectivity index (χ1) is 23.0. The Kier molecular flexibility index (Phi) is 10.3. The largest absolute Gasteiger partial charge is 0.338 e. The van der Waals surface area contributed by atoms with Crippen LogP contribution in [0.25, 0.3) is 0 Å². The maximum atomic E-state index is 13.5. The fourth-order valence-electron chi connectivity index (χ4n) is 8.19. The van der Waals surface area contributed by atoms with Gasteiger partial charge in [-0.1, -0.05) is 30.3 Å². The minimum absolute atomic E-state index is 0.0172. The standard InChI is InChI=1S/C37H49FN6O3S/c1-27-25-42(37(4)16-20-41(21-17-37)36(45)35-28(2)39-26-40-29(35)3)22-23-44(27)34(24-30-8-6-5-7-9-30)31-14-18-43(19-15-31)48(46,47)33-12-10-32(38)11-13-33/h5-13,26-27,31,34H,14-25H2,1-4H3/t27-,34-/m0/s1. The first kappa shape index (κ1) is 34.6. The molecule has 0 N–H and O–H groups in total. The number of hydrogen-bond donors (Lipinski definition) is 0. The van der Waals surface area contributed by atoms with E-state index in [1.807, 2.05) is 24.8 Å². The third kappa shape index (κ3) is 7.20. The molecule has 11 heteroatoms. The van der Waals surface area contributed by atoms with E-state index in [-0.39, 0.29) is 16.3 Å². The number of halogens is 1. The number of aryl methyl sites for hydroxylation is 2. The zero-order valence-electron chi connectivity index (χ0n) is 28.7. The summed E-state index contributed by atoms with van der Waals surface area (Å²) in [5.41, 5.74) is 3.42. The summed E-state index contributed by atoms with van der Waals surface area (Å²) in [6.07, 6.45) is 5.87. The molecule has 3 saturated heterocycles. The second-order valence-corrected chi connectivity index (χ2v) is 16.1. The van der Waals surface area contributed by atoms with Crippen LogP contribution in [0, 0.1) is 25.6 Å². The molecule has 3 aliphatic rings. The highest BCUT2D eigenvalue weighted by Crippen LogP contribution is 2.35. The number of carbonyl (C=O) groups excluding carboxylic acids is 1. The summed E-state index contributed by atoms with van der Waals surface area (Å²) < 4.78 is 41.8. The topological polar surface area (TPSA) is 90.0 Å². The Balaban J connectivity index is 1.11. The van der Waals surface area contributed by atoms with Gasteiger partial charge in [-0.2, -0.15) is 4.31 Å².